The molecule has 19 heavy (non-hydrogen) atoms. The van der Waals surface area contributed by atoms with Crippen molar-refractivity contribution in [3.63, 3.8) is 0 Å². The van der Waals surface area contributed by atoms with Crippen molar-refractivity contribution in [1.82, 2.24) is 25.9 Å². The van der Waals surface area contributed by atoms with Gasteiger partial charge in [-0.05, 0) is 34.2 Å². The Morgan fingerprint density at radius 2 is 2.37 bits per heavy atom. The van der Waals surface area contributed by atoms with Crippen LogP contribution in [0.2, 0.25) is 0 Å². The molecule has 1 amide bonds. The Morgan fingerprint density at radius 1 is 1.53 bits per heavy atom. The number of thiophene rings is 1. The zero-order valence-corrected chi connectivity index (χ0v) is 12.4. The second kappa shape index (κ2) is 5.01. The summed E-state index contributed by atoms with van der Waals surface area (Å²) >= 11 is 4.88. The molecule has 8 heteroatoms. The summed E-state index contributed by atoms with van der Waals surface area (Å²) in [6, 6.07) is 0. The summed E-state index contributed by atoms with van der Waals surface area (Å²) in [5.74, 6) is 0.677. The molecule has 0 aromatic carbocycles. The van der Waals surface area contributed by atoms with Crippen LogP contribution in [-0.4, -0.2) is 33.1 Å². The van der Waals surface area contributed by atoms with Crippen molar-refractivity contribution in [2.75, 3.05) is 6.54 Å². The normalized spacial score (nSPS) is 16.3. The van der Waals surface area contributed by atoms with Crippen LogP contribution in [0.5, 0.6) is 0 Å². The molecular weight excluding hydrogens is 330 g/mol. The van der Waals surface area contributed by atoms with E-state index in [0.29, 0.717) is 17.9 Å². The second-order valence-corrected chi connectivity index (χ2v) is 6.42. The number of aromatic amines is 1. The molecule has 2 aromatic rings. The van der Waals surface area contributed by atoms with Crippen molar-refractivity contribution in [3.8, 4) is 0 Å². The van der Waals surface area contributed by atoms with Gasteiger partial charge in [0.15, 0.2) is 5.82 Å². The summed E-state index contributed by atoms with van der Waals surface area (Å²) in [4.78, 5) is 12.0. The van der Waals surface area contributed by atoms with Gasteiger partial charge in [0.25, 0.3) is 5.91 Å². The summed E-state index contributed by atoms with van der Waals surface area (Å²) in [6.07, 6.45) is 2.94. The van der Waals surface area contributed by atoms with Gasteiger partial charge in [0.05, 0.1) is 5.56 Å². The average molecular weight is 342 g/mol. The number of amides is 1. The van der Waals surface area contributed by atoms with Gasteiger partial charge in [0, 0.05) is 28.2 Å². The number of carbonyl (C=O) groups excluding carboxylic acids is 1. The molecule has 1 aliphatic carbocycles. The fourth-order valence-electron chi connectivity index (χ4n) is 1.99. The highest BCUT2D eigenvalue weighted by atomic mass is 79.9. The second-order valence-electron chi connectivity index (χ2n) is 4.82. The third-order valence-corrected chi connectivity index (χ3v) is 5.07. The zero-order chi connectivity index (χ0) is 13.3. The van der Waals surface area contributed by atoms with Gasteiger partial charge < -0.3 is 5.32 Å². The van der Waals surface area contributed by atoms with Crippen molar-refractivity contribution < 1.29 is 4.79 Å². The lowest BCUT2D eigenvalue weighted by atomic mass is 10.0. The van der Waals surface area contributed by atoms with Gasteiger partial charge in [-0.15, -0.1) is 10.2 Å². The van der Waals surface area contributed by atoms with E-state index in [1.54, 1.807) is 0 Å². The van der Waals surface area contributed by atoms with Gasteiger partial charge >= 0.3 is 0 Å². The van der Waals surface area contributed by atoms with Crippen LogP contribution in [0.15, 0.2) is 15.2 Å². The molecule has 1 fully saturated rings. The lowest BCUT2D eigenvalue weighted by Gasteiger charge is -2.13. The van der Waals surface area contributed by atoms with Gasteiger partial charge in [-0.2, -0.15) is 16.6 Å². The third kappa shape index (κ3) is 2.84. The summed E-state index contributed by atoms with van der Waals surface area (Å²) in [5, 5.41) is 20.7. The highest BCUT2D eigenvalue weighted by Gasteiger charge is 2.43. The molecule has 0 aliphatic heterocycles. The number of H-pyrrole nitrogens is 1. The molecule has 6 nitrogen and oxygen atoms in total. The SMILES string of the molecule is O=C(NCC1(Cc2nn[nH]n2)CC1)c1cscc1Br. The number of tetrazole rings is 1. The quantitative estimate of drug-likeness (QED) is 0.868. The van der Waals surface area contributed by atoms with Crippen molar-refractivity contribution in [3.05, 3.63) is 26.6 Å². The standard InChI is InChI=1S/C11H12BrN5OS/c12-8-5-19-4-7(8)10(18)13-6-11(1-2-11)3-9-14-16-17-15-9/h4-5H,1-3,6H2,(H,13,18)(H,14,15,16,17). The monoisotopic (exact) mass is 341 g/mol. The van der Waals surface area contributed by atoms with E-state index in [-0.39, 0.29) is 11.3 Å². The zero-order valence-electron chi connectivity index (χ0n) is 10.0. The van der Waals surface area contributed by atoms with E-state index in [9.17, 15) is 4.79 Å². The maximum atomic E-state index is 12.0. The first-order valence-electron chi connectivity index (χ1n) is 5.91. The number of carbonyl (C=O) groups is 1. The maximum Gasteiger partial charge on any atom is 0.253 e. The Kier molecular flexibility index (Phi) is 3.36. The molecule has 0 bridgehead atoms. The lowest BCUT2D eigenvalue weighted by Crippen LogP contribution is -2.31. The molecule has 0 radical (unpaired) electrons. The van der Waals surface area contributed by atoms with Gasteiger partial charge in [-0.25, -0.2) is 0 Å². The van der Waals surface area contributed by atoms with Gasteiger partial charge in [0.1, 0.15) is 0 Å². The van der Waals surface area contributed by atoms with E-state index in [1.807, 2.05) is 10.8 Å². The molecule has 0 unspecified atom stereocenters. The minimum absolute atomic E-state index is 0.0347. The maximum absolute atomic E-state index is 12.0. The largest absolute Gasteiger partial charge is 0.351 e. The Bertz CT molecular complexity index is 578. The van der Waals surface area contributed by atoms with Gasteiger partial charge in [0.2, 0.25) is 0 Å². The van der Waals surface area contributed by atoms with Crippen LogP contribution in [0.4, 0.5) is 0 Å². The van der Waals surface area contributed by atoms with Crippen LogP contribution in [0, 0.1) is 5.41 Å². The number of hydrogen-bond acceptors (Lipinski definition) is 5. The molecular formula is C11H12BrN5OS. The molecule has 1 saturated carbocycles. The van der Waals surface area contributed by atoms with Gasteiger partial charge in [-0.1, -0.05) is 5.21 Å². The number of nitrogens with one attached hydrogen (secondary N) is 2. The van der Waals surface area contributed by atoms with E-state index in [2.05, 4.69) is 41.9 Å². The van der Waals surface area contributed by atoms with Crippen LogP contribution in [0.1, 0.15) is 29.0 Å². The highest BCUT2D eigenvalue weighted by molar-refractivity contribution is 9.10. The minimum atomic E-state index is -0.0347. The van der Waals surface area contributed by atoms with E-state index >= 15 is 0 Å². The Labute approximate surface area is 122 Å². The van der Waals surface area contributed by atoms with E-state index in [0.717, 1.165) is 23.7 Å². The van der Waals surface area contributed by atoms with Crippen molar-refractivity contribution in [2.45, 2.75) is 19.3 Å². The molecule has 2 N–H and O–H groups in total. The first-order chi connectivity index (χ1) is 9.19. The number of nitrogens with zero attached hydrogens (tertiary/aromatic N) is 3. The smallest absolute Gasteiger partial charge is 0.253 e. The highest BCUT2D eigenvalue weighted by Crippen LogP contribution is 2.47. The first-order valence-corrected chi connectivity index (χ1v) is 7.64. The van der Waals surface area contributed by atoms with Crippen molar-refractivity contribution in [2.24, 2.45) is 5.41 Å². The fraction of sp³-hybridized carbons (Fsp3) is 0.455. The van der Waals surface area contributed by atoms with Crippen LogP contribution in [-0.2, 0) is 6.42 Å². The Balaban J connectivity index is 1.58. The Hall–Kier alpha value is -1.28. The third-order valence-electron chi connectivity index (χ3n) is 3.36. The number of hydrogen-bond donors (Lipinski definition) is 2. The summed E-state index contributed by atoms with van der Waals surface area (Å²) in [5.41, 5.74) is 0.808. The molecule has 1 aliphatic rings. The van der Waals surface area contributed by atoms with Crippen LogP contribution in [0.3, 0.4) is 0 Å². The molecule has 0 spiro atoms. The van der Waals surface area contributed by atoms with Crippen molar-refractivity contribution >= 4 is 33.2 Å². The lowest BCUT2D eigenvalue weighted by molar-refractivity contribution is 0.0944. The molecule has 100 valence electrons. The molecule has 2 aromatic heterocycles. The number of aromatic nitrogens is 4. The number of rotatable bonds is 5. The minimum Gasteiger partial charge on any atom is -0.351 e. The predicted molar refractivity (Wildman–Crippen MR) is 73.9 cm³/mol. The summed E-state index contributed by atoms with van der Waals surface area (Å²) < 4.78 is 0.845. The fourth-order valence-corrected chi connectivity index (χ4v) is 3.45. The van der Waals surface area contributed by atoms with Crippen LogP contribution < -0.4 is 5.32 Å². The molecule has 3 rings (SSSR count). The molecule has 0 saturated heterocycles. The summed E-state index contributed by atoms with van der Waals surface area (Å²) in [6.45, 7) is 0.655. The molecule has 0 atom stereocenters. The Morgan fingerprint density at radius 3 is 2.95 bits per heavy atom. The first kappa shape index (κ1) is 12.7. The molecule has 2 heterocycles. The van der Waals surface area contributed by atoms with Crippen LogP contribution in [0.25, 0.3) is 0 Å². The van der Waals surface area contributed by atoms with E-state index < -0.39 is 0 Å². The number of halogens is 1. The topological polar surface area (TPSA) is 83.6 Å². The van der Waals surface area contributed by atoms with Gasteiger partial charge in [-0.3, -0.25) is 4.79 Å². The predicted octanol–water partition coefficient (Wildman–Crippen LogP) is 1.78. The van der Waals surface area contributed by atoms with E-state index in [4.69, 9.17) is 0 Å². The van der Waals surface area contributed by atoms with Crippen LogP contribution >= 0.6 is 27.3 Å². The summed E-state index contributed by atoms with van der Waals surface area (Å²) in [7, 11) is 0. The van der Waals surface area contributed by atoms with Crippen molar-refractivity contribution in [1.29, 1.82) is 0 Å². The van der Waals surface area contributed by atoms with E-state index in [1.165, 1.54) is 11.3 Å². The average Bonchev–Trinajstić information content (AvgIpc) is 2.78.